The summed E-state index contributed by atoms with van der Waals surface area (Å²) in [5.41, 5.74) is 2.31. The molecule has 0 aromatic heterocycles. The normalized spacial score (nSPS) is 23.5. The van der Waals surface area contributed by atoms with Crippen molar-refractivity contribution in [3.05, 3.63) is 35.4 Å². The molecule has 0 radical (unpaired) electrons. The molecule has 4 heteroatoms. The molecule has 0 bridgehead atoms. The molecule has 0 spiro atoms. The van der Waals surface area contributed by atoms with Crippen molar-refractivity contribution >= 4 is 11.9 Å². The number of amides is 3. The van der Waals surface area contributed by atoms with E-state index in [1.807, 2.05) is 24.3 Å². The van der Waals surface area contributed by atoms with Crippen LogP contribution in [0.25, 0.3) is 0 Å². The standard InChI is InChI=1S/C11H10N2O2/c14-10-9-5-7-3-1-2-4-8(7)6-13(9)11(15)12-10/h1-4,9H,5-6H2,(H,12,14,15)/t9-/m0/s1. The summed E-state index contributed by atoms with van der Waals surface area (Å²) in [5, 5.41) is 2.34. The third-order valence-electron chi connectivity index (χ3n) is 3.04. The number of benzene rings is 1. The molecule has 4 nitrogen and oxygen atoms in total. The summed E-state index contributed by atoms with van der Waals surface area (Å²) < 4.78 is 0. The Kier molecular flexibility index (Phi) is 1.59. The van der Waals surface area contributed by atoms with Gasteiger partial charge in [0.05, 0.1) is 0 Å². The number of nitrogens with one attached hydrogen (secondary N) is 1. The Balaban J connectivity index is 2.03. The van der Waals surface area contributed by atoms with E-state index in [0.29, 0.717) is 13.0 Å². The van der Waals surface area contributed by atoms with Crippen LogP contribution >= 0.6 is 0 Å². The number of carbonyl (C=O) groups excluding carboxylic acids is 2. The van der Waals surface area contributed by atoms with Gasteiger partial charge >= 0.3 is 6.03 Å². The molecule has 15 heavy (non-hydrogen) atoms. The molecule has 1 saturated heterocycles. The Morgan fingerprint density at radius 2 is 1.93 bits per heavy atom. The van der Waals surface area contributed by atoms with Crippen LogP contribution in [-0.4, -0.2) is 22.9 Å². The minimum Gasteiger partial charge on any atom is -0.308 e. The molecule has 1 aromatic rings. The quantitative estimate of drug-likeness (QED) is 0.628. The van der Waals surface area contributed by atoms with E-state index in [1.54, 1.807) is 4.90 Å². The highest BCUT2D eigenvalue weighted by Gasteiger charge is 2.41. The van der Waals surface area contributed by atoms with Gasteiger partial charge in [-0.25, -0.2) is 4.79 Å². The van der Waals surface area contributed by atoms with E-state index in [-0.39, 0.29) is 18.0 Å². The molecule has 0 saturated carbocycles. The summed E-state index contributed by atoms with van der Waals surface area (Å²) in [6.45, 7) is 0.540. The molecule has 0 aliphatic carbocycles. The molecular formula is C11H10N2O2. The molecule has 2 heterocycles. The molecule has 1 aromatic carbocycles. The molecular weight excluding hydrogens is 192 g/mol. The molecule has 2 aliphatic rings. The lowest BCUT2D eigenvalue weighted by Gasteiger charge is -2.28. The summed E-state index contributed by atoms with van der Waals surface area (Å²) in [6, 6.07) is 7.37. The second kappa shape index (κ2) is 2.82. The number of hydrogen-bond acceptors (Lipinski definition) is 2. The molecule has 1 atom stereocenters. The van der Waals surface area contributed by atoms with Gasteiger partial charge in [0.15, 0.2) is 0 Å². The van der Waals surface area contributed by atoms with Crippen LogP contribution in [0.5, 0.6) is 0 Å². The molecule has 0 unspecified atom stereocenters. The summed E-state index contributed by atoms with van der Waals surface area (Å²) >= 11 is 0. The van der Waals surface area contributed by atoms with E-state index < -0.39 is 0 Å². The highest BCUT2D eigenvalue weighted by molar-refractivity contribution is 6.04. The van der Waals surface area contributed by atoms with Crippen LogP contribution in [0.4, 0.5) is 4.79 Å². The maximum Gasteiger partial charge on any atom is 0.325 e. The van der Waals surface area contributed by atoms with Crippen LogP contribution in [0.1, 0.15) is 11.1 Å². The maximum atomic E-state index is 11.5. The molecule has 3 amide bonds. The average molecular weight is 202 g/mol. The summed E-state index contributed by atoms with van der Waals surface area (Å²) in [5.74, 6) is -0.172. The van der Waals surface area contributed by atoms with Gasteiger partial charge in [0.2, 0.25) is 0 Å². The lowest BCUT2D eigenvalue weighted by Crippen LogP contribution is -2.39. The minimum absolute atomic E-state index is 0.172. The van der Waals surface area contributed by atoms with E-state index in [0.717, 1.165) is 5.56 Å². The van der Waals surface area contributed by atoms with Crippen LogP contribution in [0.15, 0.2) is 24.3 Å². The number of hydrogen-bond donors (Lipinski definition) is 1. The fourth-order valence-electron chi connectivity index (χ4n) is 2.23. The first-order chi connectivity index (χ1) is 7.25. The first-order valence-corrected chi connectivity index (χ1v) is 4.94. The van der Waals surface area contributed by atoms with Gasteiger partial charge in [0.1, 0.15) is 6.04 Å². The van der Waals surface area contributed by atoms with Crippen molar-refractivity contribution in [3.8, 4) is 0 Å². The third-order valence-corrected chi connectivity index (χ3v) is 3.04. The predicted octanol–water partition coefficient (Wildman–Crippen LogP) is 0.663. The second-order valence-electron chi connectivity index (χ2n) is 3.91. The van der Waals surface area contributed by atoms with Gasteiger partial charge in [-0.05, 0) is 11.1 Å². The highest BCUT2D eigenvalue weighted by atomic mass is 16.2. The van der Waals surface area contributed by atoms with Crippen molar-refractivity contribution in [1.82, 2.24) is 10.2 Å². The Labute approximate surface area is 86.9 Å². The number of urea groups is 1. The van der Waals surface area contributed by atoms with Gasteiger partial charge in [-0.15, -0.1) is 0 Å². The van der Waals surface area contributed by atoms with E-state index in [4.69, 9.17) is 0 Å². The van der Waals surface area contributed by atoms with Crippen LogP contribution in [-0.2, 0) is 17.8 Å². The van der Waals surface area contributed by atoms with Crippen molar-refractivity contribution in [2.24, 2.45) is 0 Å². The Morgan fingerprint density at radius 3 is 2.73 bits per heavy atom. The van der Waals surface area contributed by atoms with Crippen molar-refractivity contribution in [1.29, 1.82) is 0 Å². The predicted molar refractivity (Wildman–Crippen MR) is 53.0 cm³/mol. The number of imide groups is 1. The van der Waals surface area contributed by atoms with Gasteiger partial charge in [-0.3, -0.25) is 10.1 Å². The van der Waals surface area contributed by atoms with E-state index in [2.05, 4.69) is 5.32 Å². The van der Waals surface area contributed by atoms with Crippen molar-refractivity contribution in [2.45, 2.75) is 19.0 Å². The molecule has 3 rings (SSSR count). The fourth-order valence-corrected chi connectivity index (χ4v) is 2.23. The van der Waals surface area contributed by atoms with Crippen molar-refractivity contribution in [3.63, 3.8) is 0 Å². The molecule has 1 N–H and O–H groups in total. The smallest absolute Gasteiger partial charge is 0.308 e. The lowest BCUT2D eigenvalue weighted by molar-refractivity contribution is -0.121. The summed E-state index contributed by atoms with van der Waals surface area (Å²) in [7, 11) is 0. The van der Waals surface area contributed by atoms with Crippen molar-refractivity contribution in [2.75, 3.05) is 0 Å². The first-order valence-electron chi connectivity index (χ1n) is 4.94. The van der Waals surface area contributed by atoms with Gasteiger partial charge in [-0.1, -0.05) is 24.3 Å². The van der Waals surface area contributed by atoms with Gasteiger partial charge in [0.25, 0.3) is 5.91 Å². The monoisotopic (exact) mass is 202 g/mol. The fraction of sp³-hybridized carbons (Fsp3) is 0.273. The largest absolute Gasteiger partial charge is 0.325 e. The molecule has 2 aliphatic heterocycles. The van der Waals surface area contributed by atoms with E-state index >= 15 is 0 Å². The van der Waals surface area contributed by atoms with Gasteiger partial charge < -0.3 is 4.90 Å². The van der Waals surface area contributed by atoms with Crippen LogP contribution in [0.3, 0.4) is 0 Å². The number of carbonyl (C=O) groups is 2. The van der Waals surface area contributed by atoms with Crippen LogP contribution in [0, 0.1) is 0 Å². The van der Waals surface area contributed by atoms with Crippen LogP contribution < -0.4 is 5.32 Å². The van der Waals surface area contributed by atoms with Crippen molar-refractivity contribution < 1.29 is 9.59 Å². The zero-order valence-corrected chi connectivity index (χ0v) is 8.06. The second-order valence-corrected chi connectivity index (χ2v) is 3.91. The molecule has 76 valence electrons. The van der Waals surface area contributed by atoms with Gasteiger partial charge in [-0.2, -0.15) is 0 Å². The topological polar surface area (TPSA) is 49.4 Å². The molecule has 1 fully saturated rings. The first kappa shape index (κ1) is 8.47. The SMILES string of the molecule is O=C1NC(=O)N2Cc3ccccc3C[C@@H]12. The van der Waals surface area contributed by atoms with E-state index in [1.165, 1.54) is 5.56 Å². The zero-order chi connectivity index (χ0) is 10.4. The highest BCUT2D eigenvalue weighted by Crippen LogP contribution is 2.25. The third kappa shape index (κ3) is 1.14. The number of nitrogens with zero attached hydrogens (tertiary/aromatic N) is 1. The number of fused-ring (bicyclic) bond motifs is 2. The van der Waals surface area contributed by atoms with Gasteiger partial charge in [0, 0.05) is 13.0 Å². The zero-order valence-electron chi connectivity index (χ0n) is 8.06. The Morgan fingerprint density at radius 1 is 1.20 bits per heavy atom. The number of rotatable bonds is 0. The average Bonchev–Trinajstić information content (AvgIpc) is 2.52. The summed E-state index contributed by atoms with van der Waals surface area (Å²) in [4.78, 5) is 24.5. The lowest BCUT2D eigenvalue weighted by atomic mass is 9.95. The van der Waals surface area contributed by atoms with Crippen LogP contribution in [0.2, 0.25) is 0 Å². The Bertz CT molecular complexity index is 415. The Hall–Kier alpha value is -1.84. The summed E-state index contributed by atoms with van der Waals surface area (Å²) in [6.07, 6.45) is 0.633. The minimum atomic E-state index is -0.299. The van der Waals surface area contributed by atoms with E-state index in [9.17, 15) is 9.59 Å². The maximum absolute atomic E-state index is 11.5.